The van der Waals surface area contributed by atoms with Gasteiger partial charge in [-0.1, -0.05) is 38.5 Å². The highest BCUT2D eigenvalue weighted by Gasteiger charge is 1.84. The number of hydrogen-bond donors (Lipinski definition) is 0. The van der Waals surface area contributed by atoms with E-state index in [0.29, 0.717) is 3.92 Å². The van der Waals surface area contributed by atoms with E-state index in [0.717, 1.165) is 5.33 Å². The molecule has 0 saturated carbocycles. The minimum absolute atomic E-state index is 0.521. The second-order valence-electron chi connectivity index (χ2n) is 0.752. The Morgan fingerprint density at radius 3 is 2.20 bits per heavy atom. The Balaban J connectivity index is 2.54. The molecule has 0 aliphatic rings. The van der Waals surface area contributed by atoms with Crippen molar-refractivity contribution in [2.24, 2.45) is 0 Å². The van der Waals surface area contributed by atoms with E-state index >= 15 is 0 Å². The van der Waals surface area contributed by atoms with Crippen molar-refractivity contribution >= 4 is 38.5 Å². The van der Waals surface area contributed by atoms with Crippen LogP contribution < -0.4 is 0 Å². The minimum atomic E-state index is 0.521. The maximum atomic E-state index is 3.70. The molecular weight excluding hydrogens is 243 g/mol. The zero-order valence-corrected chi connectivity index (χ0v) is 6.49. The fraction of sp³-hybridized carbons (Fsp3) is 0.667. The van der Waals surface area contributed by atoms with E-state index in [1.54, 1.807) is 0 Å². The zero-order chi connectivity index (χ0) is 4.28. The predicted molar refractivity (Wildman–Crippen MR) is 37.0 cm³/mol. The molecule has 0 aromatic carbocycles. The lowest BCUT2D eigenvalue weighted by atomic mass is 10.6. The van der Waals surface area contributed by atoms with Gasteiger partial charge in [0, 0.05) is 9.25 Å². The summed E-state index contributed by atoms with van der Waals surface area (Å²) >= 11 is 5.49. The third-order valence-corrected chi connectivity index (χ3v) is 2.60. The number of rotatable bonds is 1. The van der Waals surface area contributed by atoms with Gasteiger partial charge in [-0.3, -0.25) is 0 Å². The molecule has 1 atom stereocenters. The van der Waals surface area contributed by atoms with Crippen molar-refractivity contribution < 1.29 is 0 Å². The second kappa shape index (κ2) is 3.40. The summed E-state index contributed by atoms with van der Waals surface area (Å²) in [6.45, 7) is 3.70. The Kier molecular flexibility index (Phi) is 4.23. The van der Waals surface area contributed by atoms with E-state index in [1.165, 1.54) is 0 Å². The fourth-order valence-electron chi connectivity index (χ4n) is 0. The summed E-state index contributed by atoms with van der Waals surface area (Å²) in [7, 11) is 0. The first-order chi connectivity index (χ1) is 2.27. The molecule has 0 N–H and O–H groups in total. The molecule has 0 bridgehead atoms. The van der Waals surface area contributed by atoms with Crippen LogP contribution in [-0.2, 0) is 0 Å². The van der Waals surface area contributed by atoms with E-state index in [9.17, 15) is 0 Å². The van der Waals surface area contributed by atoms with E-state index in [1.807, 2.05) is 0 Å². The molecule has 0 aliphatic carbocycles. The van der Waals surface area contributed by atoms with Crippen LogP contribution in [0.2, 0.25) is 0 Å². The van der Waals surface area contributed by atoms with Gasteiger partial charge in [0.15, 0.2) is 0 Å². The highest BCUT2D eigenvalue weighted by Crippen LogP contribution is 1.99. The zero-order valence-electron chi connectivity index (χ0n) is 2.75. The summed E-state index contributed by atoms with van der Waals surface area (Å²) in [5.41, 5.74) is 0. The van der Waals surface area contributed by atoms with Gasteiger partial charge in [-0.25, -0.2) is 0 Å². The maximum Gasteiger partial charge on any atom is 0.0207 e. The summed E-state index contributed by atoms with van der Waals surface area (Å²) < 4.78 is 0.521. The number of hydrogen-bond acceptors (Lipinski definition) is 0. The Morgan fingerprint density at radius 1 is 2.00 bits per heavy atom. The van der Waals surface area contributed by atoms with Crippen molar-refractivity contribution in [3.8, 4) is 0 Å². The molecule has 0 rings (SSSR count). The molecular formula is C3H5BrI. The predicted octanol–water partition coefficient (Wildman–Crippen LogP) is 2.02. The van der Waals surface area contributed by atoms with E-state index < -0.39 is 0 Å². The Morgan fingerprint density at radius 2 is 2.20 bits per heavy atom. The van der Waals surface area contributed by atoms with Gasteiger partial charge in [0.25, 0.3) is 0 Å². The topological polar surface area (TPSA) is 0 Å². The molecule has 0 nitrogen and oxygen atoms in total. The van der Waals surface area contributed by atoms with Crippen LogP contribution in [0.3, 0.4) is 0 Å². The molecule has 0 heterocycles. The molecule has 0 saturated heterocycles. The van der Waals surface area contributed by atoms with Crippen molar-refractivity contribution in [2.45, 2.75) is 3.92 Å². The summed E-state index contributed by atoms with van der Waals surface area (Å²) in [6.07, 6.45) is 0. The molecule has 0 fully saturated rings. The molecule has 0 aromatic rings. The van der Waals surface area contributed by atoms with Crippen LogP contribution in [0.15, 0.2) is 0 Å². The largest absolute Gasteiger partial charge is 0.0917 e. The molecule has 0 spiro atoms. The first-order valence-electron chi connectivity index (χ1n) is 1.30. The van der Waals surface area contributed by atoms with Gasteiger partial charge in [0.05, 0.1) is 0 Å². The van der Waals surface area contributed by atoms with E-state index in [4.69, 9.17) is 0 Å². The van der Waals surface area contributed by atoms with E-state index in [2.05, 4.69) is 45.4 Å². The smallest absolute Gasteiger partial charge is 0.0207 e. The standard InChI is InChI=1S/C3H5BrI/c1-3(5)2-4/h3H,1-2H2. The summed E-state index contributed by atoms with van der Waals surface area (Å²) in [5, 5.41) is 0.994. The number of alkyl halides is 2. The first-order valence-corrected chi connectivity index (χ1v) is 3.67. The van der Waals surface area contributed by atoms with Crippen LogP contribution in [0.5, 0.6) is 0 Å². The molecule has 0 amide bonds. The van der Waals surface area contributed by atoms with Gasteiger partial charge < -0.3 is 0 Å². The van der Waals surface area contributed by atoms with Crippen molar-refractivity contribution in [3.63, 3.8) is 0 Å². The molecule has 1 unspecified atom stereocenters. The second-order valence-corrected chi connectivity index (χ2v) is 3.16. The SMILES string of the molecule is [CH2]C(I)CBr. The maximum absolute atomic E-state index is 3.70. The lowest BCUT2D eigenvalue weighted by molar-refractivity contribution is 1.34. The van der Waals surface area contributed by atoms with Crippen LogP contribution in [0.4, 0.5) is 0 Å². The Bertz CT molecular complexity index is 20.9. The van der Waals surface area contributed by atoms with E-state index in [-0.39, 0.29) is 0 Å². The van der Waals surface area contributed by atoms with Crippen LogP contribution >= 0.6 is 38.5 Å². The van der Waals surface area contributed by atoms with Gasteiger partial charge >= 0.3 is 0 Å². The fourth-order valence-corrected chi connectivity index (χ4v) is 0. The lowest BCUT2D eigenvalue weighted by Crippen LogP contribution is -1.86. The van der Waals surface area contributed by atoms with Gasteiger partial charge in [-0.15, -0.1) is 0 Å². The van der Waals surface area contributed by atoms with Gasteiger partial charge in [-0.05, 0) is 6.92 Å². The van der Waals surface area contributed by atoms with Crippen molar-refractivity contribution in [3.05, 3.63) is 6.92 Å². The van der Waals surface area contributed by atoms with Gasteiger partial charge in [0.2, 0.25) is 0 Å². The Labute approximate surface area is 54.6 Å². The molecule has 0 aromatic heterocycles. The van der Waals surface area contributed by atoms with Crippen LogP contribution in [0.25, 0.3) is 0 Å². The third kappa shape index (κ3) is 5.21. The van der Waals surface area contributed by atoms with Gasteiger partial charge in [-0.2, -0.15) is 0 Å². The molecule has 0 aliphatic heterocycles. The quantitative estimate of drug-likeness (QED) is 0.491. The minimum Gasteiger partial charge on any atom is -0.0917 e. The average Bonchev–Trinajstić information content (AvgIpc) is 1.38. The molecule has 2 heteroatoms. The average molecular weight is 248 g/mol. The van der Waals surface area contributed by atoms with Crippen molar-refractivity contribution in [2.75, 3.05) is 5.33 Å². The van der Waals surface area contributed by atoms with Crippen LogP contribution in [-0.4, -0.2) is 9.25 Å². The summed E-state index contributed by atoms with van der Waals surface area (Å²) in [6, 6.07) is 0. The summed E-state index contributed by atoms with van der Waals surface area (Å²) in [4.78, 5) is 0. The normalized spacial score (nSPS) is 15.0. The lowest BCUT2D eigenvalue weighted by Gasteiger charge is -1.86. The van der Waals surface area contributed by atoms with Gasteiger partial charge in [0.1, 0.15) is 0 Å². The third-order valence-electron chi connectivity index (χ3n) is 0.167. The Hall–Kier alpha value is 1.21. The van der Waals surface area contributed by atoms with Crippen LogP contribution in [0.1, 0.15) is 0 Å². The monoisotopic (exact) mass is 247 g/mol. The highest BCUT2D eigenvalue weighted by molar-refractivity contribution is 14.1. The summed E-state index contributed by atoms with van der Waals surface area (Å²) in [5.74, 6) is 0. The van der Waals surface area contributed by atoms with Crippen molar-refractivity contribution in [1.82, 2.24) is 0 Å². The van der Waals surface area contributed by atoms with Crippen LogP contribution in [0, 0.1) is 6.92 Å². The number of halogens is 2. The van der Waals surface area contributed by atoms with Crippen molar-refractivity contribution in [1.29, 1.82) is 0 Å². The molecule has 1 radical (unpaired) electrons. The molecule has 31 valence electrons. The highest BCUT2D eigenvalue weighted by atomic mass is 127. The molecule has 5 heavy (non-hydrogen) atoms. The first kappa shape index (κ1) is 6.21.